The average Bonchev–Trinajstić information content (AvgIpc) is 3.27. The molecule has 1 amide bonds. The summed E-state index contributed by atoms with van der Waals surface area (Å²) in [7, 11) is 0. The van der Waals surface area contributed by atoms with E-state index in [1.807, 2.05) is 60.7 Å². The number of carbonyl (C=O) groups excluding carboxylic acids is 1. The summed E-state index contributed by atoms with van der Waals surface area (Å²) < 4.78 is 7.91. The Kier molecular flexibility index (Phi) is 4.81. The molecule has 28 heavy (non-hydrogen) atoms. The molecule has 0 fully saturated rings. The number of carbonyl (C=O) groups is 1. The number of thiazole rings is 1. The van der Waals surface area contributed by atoms with Crippen LogP contribution in [0.2, 0.25) is 0 Å². The van der Waals surface area contributed by atoms with Crippen molar-refractivity contribution in [2.45, 2.75) is 6.92 Å². The SMILES string of the molecule is C/C(=N\NC(=O)c1sc(=S)n(-c2ccccc2)c1N)c1cc2ccccc2o1. The van der Waals surface area contributed by atoms with Crippen molar-refractivity contribution < 1.29 is 9.21 Å². The van der Waals surface area contributed by atoms with Gasteiger partial charge in [0.05, 0.1) is 0 Å². The maximum absolute atomic E-state index is 12.6. The highest BCUT2D eigenvalue weighted by Gasteiger charge is 2.18. The first-order valence-corrected chi connectivity index (χ1v) is 9.67. The van der Waals surface area contributed by atoms with Crippen LogP contribution in [0.25, 0.3) is 16.7 Å². The molecule has 0 spiro atoms. The third kappa shape index (κ3) is 3.35. The van der Waals surface area contributed by atoms with E-state index in [2.05, 4.69) is 10.5 Å². The van der Waals surface area contributed by atoms with Crippen molar-refractivity contribution in [3.05, 3.63) is 75.3 Å². The van der Waals surface area contributed by atoms with E-state index in [1.54, 1.807) is 11.5 Å². The molecule has 0 radical (unpaired) electrons. The number of rotatable bonds is 4. The van der Waals surface area contributed by atoms with Gasteiger partial charge in [0, 0.05) is 11.1 Å². The smallest absolute Gasteiger partial charge is 0.285 e. The second kappa shape index (κ2) is 7.41. The fourth-order valence-electron chi connectivity index (χ4n) is 2.77. The number of furan rings is 1. The van der Waals surface area contributed by atoms with Crippen molar-refractivity contribution in [3.8, 4) is 5.69 Å². The van der Waals surface area contributed by atoms with E-state index in [9.17, 15) is 4.79 Å². The van der Waals surface area contributed by atoms with Crippen molar-refractivity contribution in [2.75, 3.05) is 5.73 Å². The Balaban J connectivity index is 1.59. The quantitative estimate of drug-likeness (QED) is 0.290. The highest BCUT2D eigenvalue weighted by atomic mass is 32.1. The number of nitrogens with one attached hydrogen (secondary N) is 1. The standard InChI is InChI=1S/C20H16N4O2S2/c1-12(16-11-13-7-5-6-10-15(13)26-16)22-23-19(25)17-18(21)24(20(27)28-17)14-8-3-2-4-9-14/h2-11H,21H2,1H3,(H,23,25)/b22-12+. The topological polar surface area (TPSA) is 85.5 Å². The predicted octanol–water partition coefficient (Wildman–Crippen LogP) is 4.75. The lowest BCUT2D eigenvalue weighted by Crippen LogP contribution is -2.19. The summed E-state index contributed by atoms with van der Waals surface area (Å²) in [5.41, 5.74) is 10.8. The van der Waals surface area contributed by atoms with Crippen molar-refractivity contribution in [2.24, 2.45) is 5.10 Å². The molecule has 0 saturated carbocycles. The summed E-state index contributed by atoms with van der Waals surface area (Å²) >= 11 is 6.52. The van der Waals surface area contributed by atoms with Gasteiger partial charge in [-0.05, 0) is 43.4 Å². The van der Waals surface area contributed by atoms with Gasteiger partial charge >= 0.3 is 0 Å². The maximum Gasteiger partial charge on any atom is 0.285 e. The summed E-state index contributed by atoms with van der Waals surface area (Å²) in [6.07, 6.45) is 0. The Hall–Kier alpha value is -3.23. The zero-order chi connectivity index (χ0) is 19.7. The minimum absolute atomic E-state index is 0.287. The molecule has 0 atom stereocenters. The number of amides is 1. The van der Waals surface area contributed by atoms with Gasteiger partial charge in [0.25, 0.3) is 5.91 Å². The van der Waals surface area contributed by atoms with Crippen LogP contribution >= 0.6 is 23.6 Å². The molecule has 0 aliphatic heterocycles. The minimum atomic E-state index is -0.418. The molecular weight excluding hydrogens is 392 g/mol. The van der Waals surface area contributed by atoms with E-state index in [0.717, 1.165) is 28.0 Å². The van der Waals surface area contributed by atoms with Crippen LogP contribution in [-0.4, -0.2) is 16.2 Å². The second-order valence-electron chi connectivity index (χ2n) is 6.04. The number of benzene rings is 2. The van der Waals surface area contributed by atoms with Gasteiger partial charge in [-0.25, -0.2) is 5.43 Å². The molecule has 0 aliphatic rings. The number of hydrogen-bond acceptors (Lipinski definition) is 6. The number of para-hydroxylation sites is 2. The number of aromatic nitrogens is 1. The number of anilines is 1. The third-order valence-electron chi connectivity index (χ3n) is 4.17. The first-order valence-electron chi connectivity index (χ1n) is 8.45. The molecule has 140 valence electrons. The van der Waals surface area contributed by atoms with E-state index < -0.39 is 5.91 Å². The molecule has 2 heterocycles. The Labute approximate surface area is 169 Å². The molecule has 6 nitrogen and oxygen atoms in total. The highest BCUT2D eigenvalue weighted by molar-refractivity contribution is 7.73. The summed E-state index contributed by atoms with van der Waals surface area (Å²) in [5.74, 6) is 0.456. The van der Waals surface area contributed by atoms with Crippen LogP contribution in [0, 0.1) is 3.95 Å². The van der Waals surface area contributed by atoms with Gasteiger partial charge in [-0.2, -0.15) is 5.10 Å². The lowest BCUT2D eigenvalue weighted by Gasteiger charge is -2.05. The largest absolute Gasteiger partial charge is 0.455 e. The van der Waals surface area contributed by atoms with Gasteiger partial charge in [0.2, 0.25) is 0 Å². The molecule has 0 unspecified atom stereocenters. The normalized spacial score (nSPS) is 11.7. The van der Waals surface area contributed by atoms with Gasteiger partial charge in [-0.15, -0.1) is 0 Å². The minimum Gasteiger partial charge on any atom is -0.455 e. The van der Waals surface area contributed by atoms with E-state index in [-0.39, 0.29) is 5.82 Å². The molecule has 2 aromatic carbocycles. The first kappa shape index (κ1) is 18.1. The molecule has 8 heteroatoms. The van der Waals surface area contributed by atoms with Crippen LogP contribution in [0.3, 0.4) is 0 Å². The van der Waals surface area contributed by atoms with Crippen molar-refractivity contribution in [1.29, 1.82) is 0 Å². The van der Waals surface area contributed by atoms with Gasteiger partial charge in [0.1, 0.15) is 22.0 Å². The Morgan fingerprint density at radius 2 is 1.89 bits per heavy atom. The number of nitrogens with zero attached hydrogens (tertiary/aromatic N) is 2. The molecule has 0 saturated heterocycles. The van der Waals surface area contributed by atoms with Crippen molar-refractivity contribution >= 4 is 52.0 Å². The van der Waals surface area contributed by atoms with E-state index in [0.29, 0.717) is 20.3 Å². The molecule has 4 rings (SSSR count). The summed E-state index contributed by atoms with van der Waals surface area (Å²) in [6, 6.07) is 19.0. The highest BCUT2D eigenvalue weighted by Crippen LogP contribution is 2.26. The van der Waals surface area contributed by atoms with Crippen LogP contribution in [0.1, 0.15) is 22.4 Å². The van der Waals surface area contributed by atoms with Crippen LogP contribution in [0.5, 0.6) is 0 Å². The van der Waals surface area contributed by atoms with Crippen LogP contribution in [-0.2, 0) is 0 Å². The number of fused-ring (bicyclic) bond motifs is 1. The van der Waals surface area contributed by atoms with Gasteiger partial charge in [-0.1, -0.05) is 47.7 Å². The van der Waals surface area contributed by atoms with Crippen LogP contribution in [0.15, 0.2) is 70.2 Å². The average molecular weight is 409 g/mol. The molecule has 4 aromatic rings. The summed E-state index contributed by atoms with van der Waals surface area (Å²) in [5, 5.41) is 5.12. The molecule has 3 N–H and O–H groups in total. The fraction of sp³-hybridized carbons (Fsp3) is 0.0500. The Bertz CT molecular complexity index is 1220. The maximum atomic E-state index is 12.6. The molecular formula is C20H16N4O2S2. The Morgan fingerprint density at radius 1 is 1.18 bits per heavy atom. The van der Waals surface area contributed by atoms with E-state index in [4.69, 9.17) is 22.4 Å². The zero-order valence-corrected chi connectivity index (χ0v) is 16.5. The lowest BCUT2D eigenvalue weighted by atomic mass is 10.2. The van der Waals surface area contributed by atoms with Gasteiger partial charge in [0.15, 0.2) is 9.71 Å². The lowest BCUT2D eigenvalue weighted by molar-refractivity contribution is 0.0959. The zero-order valence-electron chi connectivity index (χ0n) is 14.9. The van der Waals surface area contributed by atoms with E-state index in [1.165, 1.54) is 0 Å². The third-order valence-corrected chi connectivity index (χ3v) is 5.56. The second-order valence-corrected chi connectivity index (χ2v) is 7.68. The molecule has 2 aromatic heterocycles. The van der Waals surface area contributed by atoms with Crippen LogP contribution < -0.4 is 11.2 Å². The summed E-state index contributed by atoms with van der Waals surface area (Å²) in [4.78, 5) is 12.9. The first-order chi connectivity index (χ1) is 13.5. The fourth-order valence-corrected chi connectivity index (χ4v) is 4.03. The van der Waals surface area contributed by atoms with E-state index >= 15 is 0 Å². The van der Waals surface area contributed by atoms with Gasteiger partial charge < -0.3 is 10.2 Å². The van der Waals surface area contributed by atoms with Crippen molar-refractivity contribution in [3.63, 3.8) is 0 Å². The Morgan fingerprint density at radius 3 is 2.64 bits per heavy atom. The number of nitrogens with two attached hydrogens (primary N) is 1. The number of hydrogen-bond donors (Lipinski definition) is 2. The molecule has 0 bridgehead atoms. The van der Waals surface area contributed by atoms with Gasteiger partial charge in [-0.3, -0.25) is 9.36 Å². The monoisotopic (exact) mass is 408 g/mol. The molecule has 0 aliphatic carbocycles. The van der Waals surface area contributed by atoms with Crippen LogP contribution in [0.4, 0.5) is 5.82 Å². The summed E-state index contributed by atoms with van der Waals surface area (Å²) in [6.45, 7) is 1.76. The predicted molar refractivity (Wildman–Crippen MR) is 115 cm³/mol. The van der Waals surface area contributed by atoms with Crippen molar-refractivity contribution in [1.82, 2.24) is 9.99 Å². The number of hydrazone groups is 1. The number of nitrogen functional groups attached to an aromatic ring is 1.